The van der Waals surface area contributed by atoms with Crippen molar-refractivity contribution in [1.82, 2.24) is 5.32 Å². The summed E-state index contributed by atoms with van der Waals surface area (Å²) in [7, 11) is 0. The zero-order valence-electron chi connectivity index (χ0n) is 15.0. The van der Waals surface area contributed by atoms with Crippen LogP contribution >= 0.6 is 11.8 Å². The van der Waals surface area contributed by atoms with Crippen LogP contribution in [0.25, 0.3) is 0 Å². The fourth-order valence-corrected chi connectivity index (χ4v) is 3.71. The van der Waals surface area contributed by atoms with Crippen LogP contribution in [0.15, 0.2) is 89.8 Å². The van der Waals surface area contributed by atoms with Crippen molar-refractivity contribution in [3.05, 3.63) is 102 Å². The van der Waals surface area contributed by atoms with E-state index >= 15 is 0 Å². The van der Waals surface area contributed by atoms with E-state index in [2.05, 4.69) is 29.6 Å². The van der Waals surface area contributed by atoms with E-state index in [1.165, 1.54) is 35.0 Å². The maximum Gasteiger partial charge on any atom is 0.230 e. The van der Waals surface area contributed by atoms with Crippen molar-refractivity contribution in [2.75, 3.05) is 12.3 Å². The molecule has 0 saturated heterocycles. The fraction of sp³-hybridized carbons (Fsp3) is 0.174. The van der Waals surface area contributed by atoms with Crippen LogP contribution in [-0.4, -0.2) is 18.2 Å². The lowest BCUT2D eigenvalue weighted by Gasteiger charge is -2.18. The van der Waals surface area contributed by atoms with Crippen LogP contribution < -0.4 is 5.32 Å². The first-order valence-corrected chi connectivity index (χ1v) is 9.96. The molecule has 0 unspecified atom stereocenters. The molecule has 0 saturated carbocycles. The number of nitrogens with one attached hydrogen (secondary N) is 1. The molecule has 3 aromatic carbocycles. The molecular formula is C23H22FNOS. The van der Waals surface area contributed by atoms with E-state index in [1.54, 1.807) is 12.1 Å². The summed E-state index contributed by atoms with van der Waals surface area (Å²) in [5.74, 6) is 0.297. The summed E-state index contributed by atoms with van der Waals surface area (Å²) in [5.41, 5.74) is 2.50. The Morgan fingerprint density at radius 1 is 0.852 bits per heavy atom. The summed E-state index contributed by atoms with van der Waals surface area (Å²) >= 11 is 1.41. The van der Waals surface area contributed by atoms with E-state index in [-0.39, 0.29) is 17.6 Å². The highest BCUT2D eigenvalue weighted by Gasteiger charge is 2.14. The third kappa shape index (κ3) is 5.97. The molecule has 27 heavy (non-hydrogen) atoms. The van der Waals surface area contributed by atoms with Gasteiger partial charge in [-0.15, -0.1) is 11.8 Å². The van der Waals surface area contributed by atoms with Gasteiger partial charge in [-0.2, -0.15) is 0 Å². The lowest BCUT2D eigenvalue weighted by Crippen LogP contribution is -2.27. The summed E-state index contributed by atoms with van der Waals surface area (Å²) in [5, 5.41) is 3.00. The minimum atomic E-state index is -0.267. The fourth-order valence-electron chi connectivity index (χ4n) is 2.98. The lowest BCUT2D eigenvalue weighted by molar-refractivity contribution is -0.118. The monoisotopic (exact) mass is 379 g/mol. The molecule has 0 atom stereocenters. The van der Waals surface area contributed by atoms with Gasteiger partial charge in [0.15, 0.2) is 0 Å². The van der Waals surface area contributed by atoms with Gasteiger partial charge >= 0.3 is 0 Å². The van der Waals surface area contributed by atoms with Crippen molar-refractivity contribution < 1.29 is 9.18 Å². The zero-order valence-corrected chi connectivity index (χ0v) is 15.8. The first kappa shape index (κ1) is 19.2. The molecule has 0 aliphatic carbocycles. The van der Waals surface area contributed by atoms with Gasteiger partial charge in [-0.3, -0.25) is 4.79 Å². The normalized spacial score (nSPS) is 10.7. The van der Waals surface area contributed by atoms with Gasteiger partial charge in [-0.1, -0.05) is 60.7 Å². The van der Waals surface area contributed by atoms with E-state index in [4.69, 9.17) is 0 Å². The highest BCUT2D eigenvalue weighted by atomic mass is 32.2. The third-order valence-electron chi connectivity index (χ3n) is 4.34. The topological polar surface area (TPSA) is 29.1 Å². The highest BCUT2D eigenvalue weighted by molar-refractivity contribution is 8.00. The van der Waals surface area contributed by atoms with E-state index < -0.39 is 0 Å². The molecule has 138 valence electrons. The molecule has 2 nitrogen and oxygen atoms in total. The van der Waals surface area contributed by atoms with Gasteiger partial charge < -0.3 is 5.32 Å². The molecule has 0 fully saturated rings. The Morgan fingerprint density at radius 2 is 1.41 bits per heavy atom. The number of benzene rings is 3. The average Bonchev–Trinajstić information content (AvgIpc) is 2.72. The molecule has 3 aromatic rings. The van der Waals surface area contributed by atoms with Crippen LogP contribution in [0.1, 0.15) is 23.5 Å². The van der Waals surface area contributed by atoms with Gasteiger partial charge in [-0.05, 0) is 41.8 Å². The SMILES string of the molecule is O=C(CSc1ccc(F)cc1)NCCC(c1ccccc1)c1ccccc1. The van der Waals surface area contributed by atoms with Crippen molar-refractivity contribution in [2.45, 2.75) is 17.2 Å². The summed E-state index contributed by atoms with van der Waals surface area (Å²) in [4.78, 5) is 13.0. The first-order chi connectivity index (χ1) is 13.2. The van der Waals surface area contributed by atoms with Gasteiger partial charge in [0.05, 0.1) is 5.75 Å². The molecule has 1 N–H and O–H groups in total. The van der Waals surface area contributed by atoms with Crippen molar-refractivity contribution >= 4 is 17.7 Å². The standard InChI is InChI=1S/C23H22FNOS/c24-20-11-13-21(14-12-20)27-17-23(26)25-16-15-22(18-7-3-1-4-8-18)19-9-5-2-6-10-19/h1-14,22H,15-17H2,(H,25,26). The maximum atomic E-state index is 12.9. The second-order valence-corrected chi connectivity index (χ2v) is 7.30. The molecule has 0 aliphatic rings. The van der Waals surface area contributed by atoms with E-state index in [1.807, 2.05) is 36.4 Å². The Kier molecular flexibility index (Phi) is 7.05. The summed E-state index contributed by atoms with van der Waals surface area (Å²) in [6, 6.07) is 26.9. The Bertz CT molecular complexity index is 798. The van der Waals surface area contributed by atoms with E-state index in [9.17, 15) is 9.18 Å². The first-order valence-electron chi connectivity index (χ1n) is 8.97. The zero-order chi connectivity index (χ0) is 18.9. The van der Waals surface area contributed by atoms with Crippen LogP contribution in [0.5, 0.6) is 0 Å². The maximum absolute atomic E-state index is 12.9. The van der Waals surface area contributed by atoms with E-state index in [0.717, 1.165) is 11.3 Å². The number of carbonyl (C=O) groups is 1. The second-order valence-electron chi connectivity index (χ2n) is 6.26. The van der Waals surface area contributed by atoms with Gasteiger partial charge in [0.25, 0.3) is 0 Å². The minimum absolute atomic E-state index is 0.0100. The largest absolute Gasteiger partial charge is 0.355 e. The third-order valence-corrected chi connectivity index (χ3v) is 5.35. The van der Waals surface area contributed by atoms with Crippen LogP contribution in [0, 0.1) is 5.82 Å². The number of hydrogen-bond donors (Lipinski definition) is 1. The number of rotatable bonds is 8. The molecule has 4 heteroatoms. The number of halogens is 1. The van der Waals surface area contributed by atoms with Crippen LogP contribution in [0.4, 0.5) is 4.39 Å². The van der Waals surface area contributed by atoms with Crippen LogP contribution in [-0.2, 0) is 4.79 Å². The summed E-state index contributed by atoms with van der Waals surface area (Å²) in [6.07, 6.45) is 0.834. The second kappa shape index (κ2) is 9.93. The molecular weight excluding hydrogens is 357 g/mol. The molecule has 1 amide bonds. The predicted octanol–water partition coefficient (Wildman–Crippen LogP) is 5.26. The molecule has 0 heterocycles. The van der Waals surface area contributed by atoms with Crippen molar-refractivity contribution in [1.29, 1.82) is 0 Å². The van der Waals surface area contributed by atoms with Gasteiger partial charge in [0, 0.05) is 17.4 Å². The minimum Gasteiger partial charge on any atom is -0.355 e. The molecule has 0 aliphatic heterocycles. The summed E-state index contributed by atoms with van der Waals surface area (Å²) in [6.45, 7) is 0.608. The van der Waals surface area contributed by atoms with Crippen molar-refractivity contribution in [3.8, 4) is 0 Å². The van der Waals surface area contributed by atoms with Crippen molar-refractivity contribution in [2.24, 2.45) is 0 Å². The predicted molar refractivity (Wildman–Crippen MR) is 109 cm³/mol. The number of hydrogen-bond acceptors (Lipinski definition) is 2. The van der Waals surface area contributed by atoms with Crippen LogP contribution in [0.2, 0.25) is 0 Å². The van der Waals surface area contributed by atoms with Crippen molar-refractivity contribution in [3.63, 3.8) is 0 Å². The van der Waals surface area contributed by atoms with Gasteiger partial charge in [0.2, 0.25) is 5.91 Å². The quantitative estimate of drug-likeness (QED) is 0.541. The van der Waals surface area contributed by atoms with Gasteiger partial charge in [-0.25, -0.2) is 4.39 Å². The number of thioether (sulfide) groups is 1. The van der Waals surface area contributed by atoms with Crippen LogP contribution in [0.3, 0.4) is 0 Å². The molecule has 0 aromatic heterocycles. The molecule has 0 radical (unpaired) electrons. The molecule has 3 rings (SSSR count). The molecule has 0 bridgehead atoms. The Labute approximate surface area is 163 Å². The smallest absolute Gasteiger partial charge is 0.230 e. The van der Waals surface area contributed by atoms with Gasteiger partial charge in [0.1, 0.15) is 5.82 Å². The van der Waals surface area contributed by atoms with E-state index in [0.29, 0.717) is 12.3 Å². The Morgan fingerprint density at radius 3 is 1.96 bits per heavy atom. The lowest BCUT2D eigenvalue weighted by atomic mass is 9.88. The average molecular weight is 380 g/mol. The number of carbonyl (C=O) groups excluding carboxylic acids is 1. The molecule has 0 spiro atoms. The Balaban J connectivity index is 1.53. The number of amides is 1. The summed E-state index contributed by atoms with van der Waals surface area (Å²) < 4.78 is 12.9. The highest BCUT2D eigenvalue weighted by Crippen LogP contribution is 2.27. The Hall–Kier alpha value is -2.59.